The van der Waals surface area contributed by atoms with Gasteiger partial charge in [-0.2, -0.15) is 0 Å². The zero-order chi connectivity index (χ0) is 4.50. The predicted octanol–water partition coefficient (Wildman–Crippen LogP) is 2.02. The van der Waals surface area contributed by atoms with Crippen LogP contribution in [0.1, 0.15) is 0 Å². The summed E-state index contributed by atoms with van der Waals surface area (Å²) < 4.78 is -0.549. The monoisotopic (exact) mass is 363 g/mol. The first-order valence-electron chi connectivity index (χ1n) is 0.921. The molecule has 0 bridgehead atoms. The van der Waals surface area contributed by atoms with Crippen molar-refractivity contribution in [3.8, 4) is 0 Å². The Labute approximate surface area is 65.3 Å². The molecule has 4 heteroatoms. The third-order valence-electron chi connectivity index (χ3n) is 0. The molecule has 0 amide bonds. The van der Waals surface area contributed by atoms with Gasteiger partial charge < -0.3 is 0 Å². The van der Waals surface area contributed by atoms with Crippen LogP contribution in [0.25, 0.3) is 0 Å². The number of rotatable bonds is 0. The summed E-state index contributed by atoms with van der Waals surface area (Å²) in [5.74, 6) is 0. The van der Waals surface area contributed by atoms with E-state index in [1.165, 1.54) is 0 Å². The molecule has 0 aromatic carbocycles. The number of hydrogen-bond donors (Lipinski definition) is 0. The molecule has 0 saturated carbocycles. The summed E-state index contributed by atoms with van der Waals surface area (Å²) in [4.78, 5) is 0. The molecule has 0 aliphatic rings. The van der Waals surface area contributed by atoms with Crippen LogP contribution in [0.15, 0.2) is 0 Å². The van der Waals surface area contributed by atoms with Crippen molar-refractivity contribution in [1.29, 1.82) is 0 Å². The summed E-state index contributed by atoms with van der Waals surface area (Å²) in [6.45, 7) is 0. The van der Waals surface area contributed by atoms with Gasteiger partial charge in [0.1, 0.15) is 0 Å². The van der Waals surface area contributed by atoms with Crippen molar-refractivity contribution in [1.82, 2.24) is 0 Å². The Morgan fingerprint density at radius 3 is 1.60 bits per heavy atom. The van der Waals surface area contributed by atoms with Gasteiger partial charge in [0.25, 0.3) is 0 Å². The molecule has 0 radical (unpaired) electrons. The molecule has 0 aliphatic heterocycles. The van der Waals surface area contributed by atoms with E-state index >= 15 is 0 Å². The molecule has 0 aromatic heterocycles. The van der Waals surface area contributed by atoms with Gasteiger partial charge in [-0.3, -0.25) is 0 Å². The summed E-state index contributed by atoms with van der Waals surface area (Å²) in [5, 5.41) is 0. The molecule has 0 rings (SSSR count). The minimum absolute atomic E-state index is 0.404. The standard InChI is InChI=1S/CBrCl2.Hg/c2-1(3)4;/q;+1. The van der Waals surface area contributed by atoms with Crippen molar-refractivity contribution in [2.24, 2.45) is 0 Å². The van der Waals surface area contributed by atoms with Gasteiger partial charge in [0.05, 0.1) is 0 Å². The molecule has 0 spiro atoms. The van der Waals surface area contributed by atoms with Crippen LogP contribution in [-0.4, -0.2) is 0.751 Å². The average molecular weight is 363 g/mol. The van der Waals surface area contributed by atoms with Crippen LogP contribution in [0.2, 0.25) is 0 Å². The molecule has 0 heterocycles. The Hall–Kier alpha value is 2.00. The number of hydrogen-bond acceptors (Lipinski definition) is 0. The molecule has 0 aromatic rings. The molecule has 0 unspecified atom stereocenters. The molecule has 5 heavy (non-hydrogen) atoms. The van der Waals surface area contributed by atoms with Gasteiger partial charge >= 0.3 is 66.0 Å². The first-order valence-corrected chi connectivity index (χ1v) is 5.22. The Kier molecular flexibility index (Phi) is 3.27. The van der Waals surface area contributed by atoms with Crippen LogP contribution in [0, 0.1) is 0 Å². The Morgan fingerprint density at radius 1 is 1.60 bits per heavy atom. The Morgan fingerprint density at radius 2 is 1.60 bits per heavy atom. The van der Waals surface area contributed by atoms with Gasteiger partial charge in [0, 0.05) is 0 Å². The van der Waals surface area contributed by atoms with Gasteiger partial charge in [0.2, 0.25) is 0 Å². The van der Waals surface area contributed by atoms with Gasteiger partial charge in [0.15, 0.2) is 0 Å². The molecule has 26 valence electrons. The summed E-state index contributed by atoms with van der Waals surface area (Å²) in [5.41, 5.74) is 0. The van der Waals surface area contributed by atoms with Crippen LogP contribution in [0.5, 0.6) is 0 Å². The second-order valence-electron chi connectivity index (χ2n) is 0.615. The molecular formula is CBrCl2Hg+. The van der Waals surface area contributed by atoms with E-state index in [-0.39, 0.29) is 0 Å². The topological polar surface area (TPSA) is 0 Å². The zero-order valence-electron chi connectivity index (χ0n) is 2.34. The molecule has 0 fully saturated rings. The summed E-state index contributed by atoms with van der Waals surface area (Å²) in [6.07, 6.45) is 0. The fourth-order valence-corrected chi connectivity index (χ4v) is 0. The van der Waals surface area contributed by atoms with E-state index in [1.54, 1.807) is 0 Å². The van der Waals surface area contributed by atoms with E-state index in [0.717, 1.165) is 0 Å². The van der Waals surface area contributed by atoms with Crippen molar-refractivity contribution in [3.05, 3.63) is 0 Å². The van der Waals surface area contributed by atoms with Crippen molar-refractivity contribution in [2.45, 2.75) is 0.751 Å². The summed E-state index contributed by atoms with van der Waals surface area (Å²) in [6, 6.07) is 0. The Balaban J connectivity index is 3.02. The quantitative estimate of drug-likeness (QED) is 0.456. The van der Waals surface area contributed by atoms with E-state index < -0.39 is 0.751 Å². The molecule has 0 saturated heterocycles. The van der Waals surface area contributed by atoms with Gasteiger partial charge in [-0.05, 0) is 0 Å². The van der Waals surface area contributed by atoms with E-state index in [4.69, 9.17) is 23.2 Å². The van der Waals surface area contributed by atoms with E-state index in [2.05, 4.69) is 15.9 Å². The van der Waals surface area contributed by atoms with Crippen LogP contribution in [0.3, 0.4) is 0 Å². The molecule has 0 aliphatic carbocycles. The maximum atomic E-state index is 5.30. The van der Waals surface area contributed by atoms with E-state index in [1.807, 2.05) is 0 Å². The first-order chi connectivity index (χ1) is 2.00. The Bertz CT molecular complexity index is 25.1. The maximum absolute atomic E-state index is 5.30. The van der Waals surface area contributed by atoms with Gasteiger partial charge in [-0.1, -0.05) is 0 Å². The second-order valence-corrected chi connectivity index (χ2v) is 16.0. The first kappa shape index (κ1) is 7.00. The molecule has 0 atom stereocenters. The van der Waals surface area contributed by atoms with E-state index in [9.17, 15) is 0 Å². The van der Waals surface area contributed by atoms with Crippen LogP contribution in [0.4, 0.5) is 0 Å². The van der Waals surface area contributed by atoms with Crippen molar-refractivity contribution in [3.63, 3.8) is 0 Å². The molecule has 0 N–H and O–H groups in total. The van der Waals surface area contributed by atoms with Crippen LogP contribution >= 0.6 is 39.1 Å². The molecule has 0 nitrogen and oxygen atoms in total. The normalized spacial score (nSPS) is 12.2. The SMILES string of the molecule is Cl[C](Cl)(Br)[Hg+]. The van der Waals surface area contributed by atoms with Crippen molar-refractivity contribution in [2.75, 3.05) is 0 Å². The summed E-state index contributed by atoms with van der Waals surface area (Å²) in [7, 11) is 0. The zero-order valence-corrected chi connectivity index (χ0v) is 10.9. The van der Waals surface area contributed by atoms with Crippen molar-refractivity contribution >= 4 is 39.1 Å². The van der Waals surface area contributed by atoms with Crippen molar-refractivity contribution < 1.29 is 26.1 Å². The summed E-state index contributed by atoms with van der Waals surface area (Å²) >= 11 is 14.0. The third kappa shape index (κ3) is 24.0. The van der Waals surface area contributed by atoms with E-state index in [0.29, 0.717) is 26.1 Å². The predicted molar refractivity (Wildman–Crippen MR) is 23.4 cm³/mol. The van der Waals surface area contributed by atoms with Crippen LogP contribution in [-0.2, 0) is 26.1 Å². The van der Waals surface area contributed by atoms with Crippen LogP contribution < -0.4 is 0 Å². The minimum atomic E-state index is -0.549. The fraction of sp³-hybridized carbons (Fsp3) is 1.00. The number of halogens is 3. The second kappa shape index (κ2) is 2.34. The van der Waals surface area contributed by atoms with Gasteiger partial charge in [-0.25, -0.2) is 0 Å². The average Bonchev–Trinajstić information content (AvgIpc) is 0.722. The molecular weight excluding hydrogens is 363 g/mol. The fourth-order valence-electron chi connectivity index (χ4n) is 0. The number of alkyl halides is 3. The third-order valence-corrected chi connectivity index (χ3v) is 0. The van der Waals surface area contributed by atoms with Gasteiger partial charge in [-0.15, -0.1) is 0 Å².